The van der Waals surface area contributed by atoms with Crippen LogP contribution in [0.1, 0.15) is 17.2 Å². The Hall–Kier alpha value is -2.38. The van der Waals surface area contributed by atoms with Crippen molar-refractivity contribution in [3.8, 4) is 0 Å². The van der Waals surface area contributed by atoms with E-state index in [1.165, 1.54) is 0 Å². The summed E-state index contributed by atoms with van der Waals surface area (Å²) >= 11 is 0. The van der Waals surface area contributed by atoms with E-state index in [0.717, 1.165) is 11.8 Å². The Labute approximate surface area is 141 Å². The second-order valence-electron chi connectivity index (χ2n) is 5.47. The first-order valence-electron chi connectivity index (χ1n) is 7.38. The van der Waals surface area contributed by atoms with Crippen LogP contribution in [0.5, 0.6) is 0 Å². The summed E-state index contributed by atoms with van der Waals surface area (Å²) in [4.78, 5) is 12.2. The first-order valence-corrected chi connectivity index (χ1v) is 9.44. The highest BCUT2D eigenvalue weighted by Gasteiger charge is 2.15. The van der Waals surface area contributed by atoms with Gasteiger partial charge in [-0.05, 0) is 17.2 Å². The van der Waals surface area contributed by atoms with Crippen molar-refractivity contribution in [2.45, 2.75) is 11.8 Å². The van der Waals surface area contributed by atoms with Gasteiger partial charge in [-0.3, -0.25) is 0 Å². The maximum Gasteiger partial charge on any atom is 0.319 e. The molecule has 0 aliphatic rings. The van der Waals surface area contributed by atoms with Crippen molar-refractivity contribution in [3.63, 3.8) is 0 Å². The summed E-state index contributed by atoms with van der Waals surface area (Å²) in [7, 11) is -3.22. The van der Waals surface area contributed by atoms with E-state index in [-0.39, 0.29) is 12.4 Å². The summed E-state index contributed by atoms with van der Waals surface area (Å²) in [6.45, 7) is -0.248. The minimum atomic E-state index is -3.22. The molecule has 24 heavy (non-hydrogen) atoms. The van der Waals surface area contributed by atoms with Crippen molar-refractivity contribution < 1.29 is 18.3 Å². The van der Waals surface area contributed by atoms with Crippen LogP contribution in [0.2, 0.25) is 0 Å². The largest absolute Gasteiger partial charge is 0.394 e. The molecule has 2 rings (SSSR count). The van der Waals surface area contributed by atoms with Crippen LogP contribution in [-0.4, -0.2) is 32.4 Å². The SMILES string of the molecule is CS(=O)(=O)Cc1ccccc1NC(=O)N[C@@H](CO)c1ccccc1. The Morgan fingerprint density at radius 1 is 1.08 bits per heavy atom. The Bertz CT molecular complexity index is 791. The summed E-state index contributed by atoms with van der Waals surface area (Å²) in [5.74, 6) is -0.161. The molecular weight excluding hydrogens is 328 g/mol. The fourth-order valence-electron chi connectivity index (χ4n) is 2.29. The molecule has 6 nitrogen and oxygen atoms in total. The zero-order valence-electron chi connectivity index (χ0n) is 13.3. The average molecular weight is 348 g/mol. The van der Waals surface area contributed by atoms with Gasteiger partial charge in [0.15, 0.2) is 9.84 Å². The molecule has 1 atom stereocenters. The number of rotatable bonds is 6. The molecule has 7 heteroatoms. The van der Waals surface area contributed by atoms with E-state index >= 15 is 0 Å². The Morgan fingerprint density at radius 2 is 1.71 bits per heavy atom. The lowest BCUT2D eigenvalue weighted by molar-refractivity contribution is 0.225. The zero-order valence-corrected chi connectivity index (χ0v) is 14.1. The summed E-state index contributed by atoms with van der Waals surface area (Å²) in [5.41, 5.74) is 1.71. The van der Waals surface area contributed by atoms with E-state index in [1.54, 1.807) is 36.4 Å². The lowest BCUT2D eigenvalue weighted by Gasteiger charge is -2.18. The van der Waals surface area contributed by atoms with Crippen molar-refractivity contribution in [2.24, 2.45) is 0 Å². The summed E-state index contributed by atoms with van der Waals surface area (Å²) in [6, 6.07) is 14.7. The number of sulfone groups is 1. The van der Waals surface area contributed by atoms with Crippen LogP contribution in [0, 0.1) is 0 Å². The van der Waals surface area contributed by atoms with Crippen LogP contribution in [0.4, 0.5) is 10.5 Å². The molecule has 2 aromatic carbocycles. The molecule has 0 saturated heterocycles. The maximum absolute atomic E-state index is 12.2. The van der Waals surface area contributed by atoms with E-state index in [9.17, 15) is 18.3 Å². The van der Waals surface area contributed by atoms with Gasteiger partial charge in [0.2, 0.25) is 0 Å². The monoisotopic (exact) mass is 348 g/mol. The van der Waals surface area contributed by atoms with Gasteiger partial charge in [-0.2, -0.15) is 0 Å². The highest BCUT2D eigenvalue weighted by Crippen LogP contribution is 2.18. The zero-order chi connectivity index (χ0) is 17.6. The molecule has 0 aliphatic heterocycles. The number of amides is 2. The number of carbonyl (C=O) groups is 1. The van der Waals surface area contributed by atoms with Gasteiger partial charge in [-0.15, -0.1) is 0 Å². The fourth-order valence-corrected chi connectivity index (χ4v) is 3.10. The fraction of sp³-hybridized carbons (Fsp3) is 0.235. The molecule has 0 spiro atoms. The number of hydrogen-bond acceptors (Lipinski definition) is 4. The van der Waals surface area contributed by atoms with Crippen molar-refractivity contribution in [2.75, 3.05) is 18.2 Å². The highest BCUT2D eigenvalue weighted by atomic mass is 32.2. The normalized spacial score (nSPS) is 12.4. The number of urea groups is 1. The van der Waals surface area contributed by atoms with Crippen molar-refractivity contribution >= 4 is 21.6 Å². The Balaban J connectivity index is 2.10. The highest BCUT2D eigenvalue weighted by molar-refractivity contribution is 7.89. The topological polar surface area (TPSA) is 95.5 Å². The number of aliphatic hydroxyl groups is 1. The third-order valence-electron chi connectivity index (χ3n) is 3.37. The smallest absolute Gasteiger partial charge is 0.319 e. The number of benzene rings is 2. The van der Waals surface area contributed by atoms with Gasteiger partial charge in [-0.25, -0.2) is 13.2 Å². The molecule has 0 aromatic heterocycles. The molecule has 0 bridgehead atoms. The standard InChI is InChI=1S/C17H20N2O4S/c1-24(22,23)12-14-9-5-6-10-15(14)18-17(21)19-16(11-20)13-7-3-2-4-8-13/h2-10,16,20H,11-12H2,1H3,(H2,18,19,21)/t16-/m0/s1. The second kappa shape index (κ2) is 7.94. The predicted octanol–water partition coefficient (Wildman–Crippen LogP) is 2.09. The van der Waals surface area contributed by atoms with Crippen molar-refractivity contribution in [1.29, 1.82) is 0 Å². The minimum absolute atomic E-state index is 0.161. The van der Waals surface area contributed by atoms with E-state index in [1.807, 2.05) is 18.2 Å². The van der Waals surface area contributed by atoms with Gasteiger partial charge in [0.1, 0.15) is 0 Å². The Kier molecular flexibility index (Phi) is 5.94. The summed E-state index contributed by atoms with van der Waals surface area (Å²) in [5, 5.41) is 14.8. The van der Waals surface area contributed by atoms with E-state index in [4.69, 9.17) is 0 Å². The van der Waals surface area contributed by atoms with E-state index in [2.05, 4.69) is 10.6 Å². The third kappa shape index (κ3) is 5.36. The molecule has 0 heterocycles. The van der Waals surface area contributed by atoms with Crippen LogP contribution >= 0.6 is 0 Å². The molecule has 0 fully saturated rings. The first kappa shape index (κ1) is 18.0. The van der Waals surface area contributed by atoms with E-state index < -0.39 is 21.9 Å². The van der Waals surface area contributed by atoms with E-state index in [0.29, 0.717) is 11.3 Å². The van der Waals surface area contributed by atoms with Gasteiger partial charge in [0, 0.05) is 11.9 Å². The molecule has 2 amide bonds. The number of nitrogens with one attached hydrogen (secondary N) is 2. The maximum atomic E-state index is 12.2. The molecular formula is C17H20N2O4S. The average Bonchev–Trinajstić information content (AvgIpc) is 2.54. The lowest BCUT2D eigenvalue weighted by Crippen LogP contribution is -2.34. The molecule has 2 aromatic rings. The van der Waals surface area contributed by atoms with Crippen LogP contribution in [0.3, 0.4) is 0 Å². The molecule has 3 N–H and O–H groups in total. The molecule has 128 valence electrons. The van der Waals surface area contributed by atoms with Crippen molar-refractivity contribution in [1.82, 2.24) is 5.32 Å². The van der Waals surface area contributed by atoms with Gasteiger partial charge in [-0.1, -0.05) is 48.5 Å². The van der Waals surface area contributed by atoms with Gasteiger partial charge >= 0.3 is 6.03 Å². The number of aliphatic hydroxyl groups excluding tert-OH is 1. The first-order chi connectivity index (χ1) is 11.4. The van der Waals surface area contributed by atoms with Gasteiger partial charge < -0.3 is 15.7 Å². The molecule has 0 saturated carbocycles. The number of carbonyl (C=O) groups excluding carboxylic acids is 1. The summed E-state index contributed by atoms with van der Waals surface area (Å²) < 4.78 is 23.0. The van der Waals surface area contributed by atoms with Crippen LogP contribution < -0.4 is 10.6 Å². The number of para-hydroxylation sites is 1. The quantitative estimate of drug-likeness (QED) is 0.745. The van der Waals surface area contributed by atoms with Gasteiger partial charge in [0.25, 0.3) is 0 Å². The van der Waals surface area contributed by atoms with Crippen LogP contribution in [-0.2, 0) is 15.6 Å². The van der Waals surface area contributed by atoms with Gasteiger partial charge in [0.05, 0.1) is 18.4 Å². The Morgan fingerprint density at radius 3 is 2.33 bits per heavy atom. The van der Waals surface area contributed by atoms with Crippen molar-refractivity contribution in [3.05, 3.63) is 65.7 Å². The van der Waals surface area contributed by atoms with Crippen LogP contribution in [0.25, 0.3) is 0 Å². The minimum Gasteiger partial charge on any atom is -0.394 e. The number of anilines is 1. The molecule has 0 radical (unpaired) electrons. The molecule has 0 unspecified atom stereocenters. The van der Waals surface area contributed by atoms with Crippen LogP contribution in [0.15, 0.2) is 54.6 Å². The number of hydrogen-bond donors (Lipinski definition) is 3. The second-order valence-corrected chi connectivity index (χ2v) is 7.61. The summed E-state index contributed by atoms with van der Waals surface area (Å²) in [6.07, 6.45) is 1.14. The lowest BCUT2D eigenvalue weighted by atomic mass is 10.1. The molecule has 0 aliphatic carbocycles. The third-order valence-corrected chi connectivity index (χ3v) is 4.21. The predicted molar refractivity (Wildman–Crippen MR) is 93.4 cm³/mol.